The number of carbonyl (C=O) groups excluding carboxylic acids is 1. The standard InChI is InChI=1S/C25H28N4O/c1-18-10-11-24(27-16-18)28-13-14-29-21(17-28)15-20(25(29)30)7-2-5-19-6-3-9-23-22(19)8-4-12-26-23/h3-4,6,8-12,16,20-21H,2,5,7,13-15,17H2,1H3/t20-,21-/m0/s1. The number of aryl methyl sites for hydroxylation is 2. The Hall–Kier alpha value is -2.95. The van der Waals surface area contributed by atoms with Crippen LogP contribution in [0.5, 0.6) is 0 Å². The van der Waals surface area contributed by atoms with Gasteiger partial charge < -0.3 is 9.80 Å². The molecule has 154 valence electrons. The van der Waals surface area contributed by atoms with E-state index in [1.807, 2.05) is 18.5 Å². The average molecular weight is 401 g/mol. The molecule has 4 heterocycles. The second kappa shape index (κ2) is 8.05. The third kappa shape index (κ3) is 3.64. The van der Waals surface area contributed by atoms with Crippen LogP contribution >= 0.6 is 0 Å². The highest BCUT2D eigenvalue weighted by atomic mass is 16.2. The summed E-state index contributed by atoms with van der Waals surface area (Å²) in [6.07, 6.45) is 7.73. The maximum atomic E-state index is 13.0. The first-order valence-corrected chi connectivity index (χ1v) is 11.0. The predicted molar refractivity (Wildman–Crippen MR) is 119 cm³/mol. The van der Waals surface area contributed by atoms with Crippen LogP contribution in [0.2, 0.25) is 0 Å². The fourth-order valence-electron chi connectivity index (χ4n) is 5.03. The lowest BCUT2D eigenvalue weighted by Crippen LogP contribution is -2.51. The molecule has 0 spiro atoms. The van der Waals surface area contributed by atoms with E-state index in [1.165, 1.54) is 16.5 Å². The summed E-state index contributed by atoms with van der Waals surface area (Å²) in [5, 5.41) is 1.23. The lowest BCUT2D eigenvalue weighted by atomic mass is 9.95. The van der Waals surface area contributed by atoms with Crippen LogP contribution in [0.4, 0.5) is 5.82 Å². The van der Waals surface area contributed by atoms with Crippen LogP contribution in [0.15, 0.2) is 54.9 Å². The van der Waals surface area contributed by atoms with Gasteiger partial charge in [-0.15, -0.1) is 0 Å². The minimum absolute atomic E-state index is 0.161. The van der Waals surface area contributed by atoms with Crippen LogP contribution in [-0.4, -0.2) is 46.5 Å². The van der Waals surface area contributed by atoms with E-state index in [0.29, 0.717) is 11.9 Å². The minimum atomic E-state index is 0.161. The van der Waals surface area contributed by atoms with E-state index in [4.69, 9.17) is 0 Å². The Balaban J connectivity index is 1.20. The number of nitrogens with zero attached hydrogens (tertiary/aromatic N) is 4. The number of piperazine rings is 1. The smallest absolute Gasteiger partial charge is 0.226 e. The molecule has 2 aliphatic heterocycles. The summed E-state index contributed by atoms with van der Waals surface area (Å²) >= 11 is 0. The van der Waals surface area contributed by atoms with Crippen molar-refractivity contribution in [2.75, 3.05) is 24.5 Å². The monoisotopic (exact) mass is 400 g/mol. The van der Waals surface area contributed by atoms with Crippen LogP contribution in [0.3, 0.4) is 0 Å². The second-order valence-corrected chi connectivity index (χ2v) is 8.64. The van der Waals surface area contributed by atoms with Crippen LogP contribution in [0, 0.1) is 12.8 Å². The SMILES string of the molecule is Cc1ccc(N2CCN3C(=O)[C@@H](CCCc4cccc5ncccc45)C[C@H]3C2)nc1. The largest absolute Gasteiger partial charge is 0.353 e. The highest BCUT2D eigenvalue weighted by Gasteiger charge is 2.42. The summed E-state index contributed by atoms with van der Waals surface area (Å²) in [7, 11) is 0. The molecule has 2 aromatic heterocycles. The van der Waals surface area contributed by atoms with E-state index in [0.717, 1.165) is 56.7 Å². The topological polar surface area (TPSA) is 49.3 Å². The van der Waals surface area contributed by atoms with Crippen molar-refractivity contribution in [3.63, 3.8) is 0 Å². The first-order valence-electron chi connectivity index (χ1n) is 11.0. The van der Waals surface area contributed by atoms with Gasteiger partial charge in [-0.25, -0.2) is 4.98 Å². The summed E-state index contributed by atoms with van der Waals surface area (Å²) in [5.41, 5.74) is 3.56. The number of hydrogen-bond donors (Lipinski definition) is 0. The molecular formula is C25H28N4O. The molecular weight excluding hydrogens is 372 g/mol. The van der Waals surface area contributed by atoms with E-state index < -0.39 is 0 Å². The van der Waals surface area contributed by atoms with Gasteiger partial charge in [0.1, 0.15) is 5.82 Å². The lowest BCUT2D eigenvalue weighted by molar-refractivity contribution is -0.132. The van der Waals surface area contributed by atoms with Gasteiger partial charge in [-0.2, -0.15) is 0 Å². The maximum absolute atomic E-state index is 13.0. The molecule has 0 N–H and O–H groups in total. The quantitative estimate of drug-likeness (QED) is 0.650. The summed E-state index contributed by atoms with van der Waals surface area (Å²) in [6.45, 7) is 4.63. The molecule has 3 aromatic rings. The number of carbonyl (C=O) groups is 1. The number of benzene rings is 1. The Labute approximate surface area is 177 Å². The van der Waals surface area contributed by atoms with Gasteiger partial charge in [0, 0.05) is 43.3 Å². The molecule has 5 heteroatoms. The van der Waals surface area contributed by atoms with Crippen molar-refractivity contribution >= 4 is 22.6 Å². The molecule has 0 unspecified atom stereocenters. The Morgan fingerprint density at radius 2 is 2.00 bits per heavy atom. The molecule has 5 nitrogen and oxygen atoms in total. The molecule has 0 saturated carbocycles. The molecule has 5 rings (SSSR count). The van der Waals surface area contributed by atoms with Gasteiger partial charge in [-0.05, 0) is 61.9 Å². The number of rotatable bonds is 5. The molecule has 2 atom stereocenters. The van der Waals surface area contributed by atoms with Gasteiger partial charge in [0.05, 0.1) is 11.6 Å². The van der Waals surface area contributed by atoms with Gasteiger partial charge in [-0.1, -0.05) is 24.3 Å². The summed E-state index contributed by atoms with van der Waals surface area (Å²) < 4.78 is 0. The molecule has 0 aliphatic carbocycles. The van der Waals surface area contributed by atoms with Crippen molar-refractivity contribution < 1.29 is 4.79 Å². The zero-order valence-corrected chi connectivity index (χ0v) is 17.5. The van der Waals surface area contributed by atoms with Gasteiger partial charge in [0.2, 0.25) is 5.91 Å². The number of aromatic nitrogens is 2. The van der Waals surface area contributed by atoms with Crippen molar-refractivity contribution in [1.29, 1.82) is 0 Å². The fraction of sp³-hybridized carbons (Fsp3) is 0.400. The molecule has 1 amide bonds. The molecule has 0 radical (unpaired) electrons. The first-order chi connectivity index (χ1) is 14.7. The van der Waals surface area contributed by atoms with Crippen LogP contribution in [-0.2, 0) is 11.2 Å². The third-order valence-corrected chi connectivity index (χ3v) is 6.63. The van der Waals surface area contributed by atoms with Crippen molar-refractivity contribution in [3.8, 4) is 0 Å². The molecule has 2 saturated heterocycles. The van der Waals surface area contributed by atoms with E-state index in [2.05, 4.69) is 63.1 Å². The highest BCUT2D eigenvalue weighted by molar-refractivity contribution is 5.82. The Morgan fingerprint density at radius 1 is 1.07 bits per heavy atom. The van der Waals surface area contributed by atoms with E-state index in [1.54, 1.807) is 0 Å². The zero-order chi connectivity index (χ0) is 20.5. The first kappa shape index (κ1) is 19.0. The molecule has 2 aliphatic rings. The van der Waals surface area contributed by atoms with Crippen molar-refractivity contribution in [2.24, 2.45) is 5.92 Å². The van der Waals surface area contributed by atoms with E-state index >= 15 is 0 Å². The highest BCUT2D eigenvalue weighted by Crippen LogP contribution is 2.32. The van der Waals surface area contributed by atoms with Crippen LogP contribution in [0.25, 0.3) is 10.9 Å². The fourth-order valence-corrected chi connectivity index (χ4v) is 5.03. The molecule has 30 heavy (non-hydrogen) atoms. The van der Waals surface area contributed by atoms with Crippen molar-refractivity contribution in [3.05, 3.63) is 66.0 Å². The summed E-state index contributed by atoms with van der Waals surface area (Å²) in [5.74, 6) is 1.55. The lowest BCUT2D eigenvalue weighted by Gasteiger charge is -2.38. The minimum Gasteiger partial charge on any atom is -0.353 e. The van der Waals surface area contributed by atoms with E-state index in [-0.39, 0.29) is 5.92 Å². The van der Waals surface area contributed by atoms with Crippen LogP contribution < -0.4 is 4.90 Å². The van der Waals surface area contributed by atoms with E-state index in [9.17, 15) is 4.79 Å². The molecule has 2 fully saturated rings. The number of pyridine rings is 2. The van der Waals surface area contributed by atoms with Crippen LogP contribution in [0.1, 0.15) is 30.4 Å². The number of anilines is 1. The zero-order valence-electron chi connectivity index (χ0n) is 17.5. The number of hydrogen-bond acceptors (Lipinski definition) is 4. The second-order valence-electron chi connectivity index (χ2n) is 8.64. The van der Waals surface area contributed by atoms with Crippen molar-refractivity contribution in [1.82, 2.24) is 14.9 Å². The number of amides is 1. The Bertz CT molecular complexity index is 1040. The average Bonchev–Trinajstić information content (AvgIpc) is 3.09. The summed E-state index contributed by atoms with van der Waals surface area (Å²) in [4.78, 5) is 26.5. The third-order valence-electron chi connectivity index (χ3n) is 6.63. The molecule has 1 aromatic carbocycles. The van der Waals surface area contributed by atoms with Gasteiger partial charge in [-0.3, -0.25) is 9.78 Å². The van der Waals surface area contributed by atoms with Gasteiger partial charge in [0.15, 0.2) is 0 Å². The molecule has 0 bridgehead atoms. The van der Waals surface area contributed by atoms with Crippen molar-refractivity contribution in [2.45, 2.75) is 38.6 Å². The Morgan fingerprint density at radius 3 is 2.87 bits per heavy atom. The summed E-state index contributed by atoms with van der Waals surface area (Å²) in [6, 6.07) is 15.0. The van der Waals surface area contributed by atoms with Gasteiger partial charge in [0.25, 0.3) is 0 Å². The Kier molecular flexibility index (Phi) is 5.11. The normalized spacial score (nSPS) is 21.3. The maximum Gasteiger partial charge on any atom is 0.226 e. The number of fused-ring (bicyclic) bond motifs is 2. The van der Waals surface area contributed by atoms with Gasteiger partial charge >= 0.3 is 0 Å². The predicted octanol–water partition coefficient (Wildman–Crippen LogP) is 4.00.